The first kappa shape index (κ1) is 10.9. The largest absolute Gasteiger partial charge is 0.379 e. The highest BCUT2D eigenvalue weighted by Gasteiger charge is 2.54. The van der Waals surface area contributed by atoms with Gasteiger partial charge in [0.25, 0.3) is 10.2 Å². The molecule has 2 saturated heterocycles. The minimum absolute atomic E-state index is 0.161. The Morgan fingerprint density at radius 3 is 2.44 bits per heavy atom. The fourth-order valence-electron chi connectivity index (χ4n) is 2.63. The third kappa shape index (κ3) is 1.86. The minimum atomic E-state index is -3.29. The molecule has 2 heterocycles. The summed E-state index contributed by atoms with van der Waals surface area (Å²) < 4.78 is 33.4. The van der Waals surface area contributed by atoms with Crippen molar-refractivity contribution in [1.82, 2.24) is 14.3 Å². The molecular formula is C9H17N3O3S. The predicted molar refractivity (Wildman–Crippen MR) is 58.1 cm³/mol. The molecule has 2 aliphatic heterocycles. The number of hydrogen-bond acceptors (Lipinski definition) is 4. The lowest BCUT2D eigenvalue weighted by atomic mass is 10.4. The lowest BCUT2D eigenvalue weighted by molar-refractivity contribution is 0.0724. The summed E-state index contributed by atoms with van der Waals surface area (Å²) in [4.78, 5) is 0. The Hall–Kier alpha value is -0.210. The van der Waals surface area contributed by atoms with Crippen molar-refractivity contribution in [2.24, 2.45) is 11.8 Å². The zero-order valence-corrected chi connectivity index (χ0v) is 9.87. The van der Waals surface area contributed by atoms with Crippen LogP contribution in [0.5, 0.6) is 0 Å². The van der Waals surface area contributed by atoms with Crippen LogP contribution in [0.15, 0.2) is 0 Å². The van der Waals surface area contributed by atoms with E-state index in [1.807, 2.05) is 0 Å². The molecule has 0 aromatic rings. The molecule has 16 heavy (non-hydrogen) atoms. The van der Waals surface area contributed by atoms with Gasteiger partial charge in [0.05, 0.1) is 13.2 Å². The van der Waals surface area contributed by atoms with E-state index in [2.05, 4.69) is 10.0 Å². The first-order chi connectivity index (χ1) is 7.68. The highest BCUT2D eigenvalue weighted by molar-refractivity contribution is 7.87. The van der Waals surface area contributed by atoms with E-state index in [1.165, 1.54) is 4.31 Å². The first-order valence-corrected chi connectivity index (χ1v) is 7.18. The second-order valence-electron chi connectivity index (χ2n) is 4.65. The molecule has 0 aromatic heterocycles. The van der Waals surface area contributed by atoms with Crippen LogP contribution in [-0.4, -0.2) is 58.2 Å². The van der Waals surface area contributed by atoms with E-state index in [-0.39, 0.29) is 6.04 Å². The quantitative estimate of drug-likeness (QED) is 0.628. The number of rotatable bonds is 3. The smallest absolute Gasteiger partial charge is 0.279 e. The third-order valence-electron chi connectivity index (χ3n) is 3.69. The Bertz CT molecular complexity index is 356. The molecule has 1 aliphatic carbocycles. The van der Waals surface area contributed by atoms with Gasteiger partial charge < -0.3 is 10.1 Å². The lowest BCUT2D eigenvalue weighted by Gasteiger charge is -2.26. The average Bonchev–Trinajstić information content (AvgIpc) is 2.76. The average molecular weight is 247 g/mol. The van der Waals surface area contributed by atoms with Crippen LogP contribution in [0.2, 0.25) is 0 Å². The van der Waals surface area contributed by atoms with Crippen molar-refractivity contribution >= 4 is 10.2 Å². The van der Waals surface area contributed by atoms with Gasteiger partial charge in [-0.15, -0.1) is 0 Å². The molecule has 6 nitrogen and oxygen atoms in total. The summed E-state index contributed by atoms with van der Waals surface area (Å²) in [6.45, 7) is 3.83. The Labute approximate surface area is 95.5 Å². The van der Waals surface area contributed by atoms with Crippen LogP contribution in [-0.2, 0) is 14.9 Å². The Kier molecular flexibility index (Phi) is 2.67. The molecule has 0 spiro atoms. The highest BCUT2D eigenvalue weighted by atomic mass is 32.2. The summed E-state index contributed by atoms with van der Waals surface area (Å²) >= 11 is 0. The van der Waals surface area contributed by atoms with Crippen molar-refractivity contribution in [3.05, 3.63) is 0 Å². The molecule has 2 N–H and O–H groups in total. The Morgan fingerprint density at radius 1 is 1.19 bits per heavy atom. The normalized spacial score (nSPS) is 39.6. The predicted octanol–water partition coefficient (Wildman–Crippen LogP) is -1.63. The van der Waals surface area contributed by atoms with E-state index in [9.17, 15) is 8.42 Å². The highest BCUT2D eigenvalue weighted by Crippen LogP contribution is 2.42. The maximum Gasteiger partial charge on any atom is 0.279 e. The van der Waals surface area contributed by atoms with Gasteiger partial charge in [0.1, 0.15) is 0 Å². The number of nitrogens with zero attached hydrogens (tertiary/aromatic N) is 1. The third-order valence-corrected chi connectivity index (χ3v) is 5.30. The zero-order valence-electron chi connectivity index (χ0n) is 9.05. The van der Waals surface area contributed by atoms with Crippen molar-refractivity contribution in [2.45, 2.75) is 6.04 Å². The number of morpholine rings is 1. The molecular weight excluding hydrogens is 230 g/mol. The summed E-state index contributed by atoms with van der Waals surface area (Å²) in [6.07, 6.45) is 0. The lowest BCUT2D eigenvalue weighted by Crippen LogP contribution is -2.48. The fraction of sp³-hybridized carbons (Fsp3) is 1.00. The van der Waals surface area contributed by atoms with E-state index in [0.29, 0.717) is 38.1 Å². The molecule has 3 rings (SSSR count). The van der Waals surface area contributed by atoms with Gasteiger partial charge in [-0.1, -0.05) is 0 Å². The van der Waals surface area contributed by atoms with E-state index in [1.54, 1.807) is 0 Å². The van der Waals surface area contributed by atoms with Crippen molar-refractivity contribution in [2.75, 3.05) is 39.4 Å². The molecule has 0 aromatic carbocycles. The number of piperidine rings is 1. The molecule has 0 bridgehead atoms. The molecule has 0 amide bonds. The van der Waals surface area contributed by atoms with Crippen molar-refractivity contribution in [3.8, 4) is 0 Å². The molecule has 2 atom stereocenters. The summed E-state index contributed by atoms with van der Waals surface area (Å²) in [5.74, 6) is 1.02. The zero-order chi connectivity index (χ0) is 11.2. The van der Waals surface area contributed by atoms with E-state index in [4.69, 9.17) is 4.74 Å². The summed E-state index contributed by atoms with van der Waals surface area (Å²) in [5, 5.41) is 3.25. The van der Waals surface area contributed by atoms with E-state index >= 15 is 0 Å². The van der Waals surface area contributed by atoms with Crippen LogP contribution in [0.3, 0.4) is 0 Å². The molecule has 2 unspecified atom stereocenters. The van der Waals surface area contributed by atoms with Gasteiger partial charge in [-0.25, -0.2) is 0 Å². The van der Waals surface area contributed by atoms with E-state index < -0.39 is 10.2 Å². The van der Waals surface area contributed by atoms with Crippen LogP contribution in [0.1, 0.15) is 0 Å². The molecule has 3 aliphatic rings. The minimum Gasteiger partial charge on any atom is -0.379 e. The summed E-state index contributed by atoms with van der Waals surface area (Å²) in [6, 6.07) is 0.161. The molecule has 0 radical (unpaired) electrons. The van der Waals surface area contributed by atoms with Gasteiger partial charge in [0.15, 0.2) is 0 Å². The van der Waals surface area contributed by atoms with E-state index in [0.717, 1.165) is 13.1 Å². The fourth-order valence-corrected chi connectivity index (χ4v) is 4.10. The second kappa shape index (κ2) is 3.92. The Balaban J connectivity index is 1.60. The van der Waals surface area contributed by atoms with Crippen molar-refractivity contribution < 1.29 is 13.2 Å². The monoisotopic (exact) mass is 247 g/mol. The van der Waals surface area contributed by atoms with Crippen molar-refractivity contribution in [3.63, 3.8) is 0 Å². The number of nitrogens with one attached hydrogen (secondary N) is 2. The van der Waals surface area contributed by atoms with Crippen LogP contribution < -0.4 is 10.0 Å². The molecule has 3 fully saturated rings. The topological polar surface area (TPSA) is 70.7 Å². The first-order valence-electron chi connectivity index (χ1n) is 5.74. The standard InChI is InChI=1S/C9H17N3O3S/c13-16(14,12-1-3-15-4-2-12)11-9-7-5-10-6-8(7)9/h7-11H,1-6H2. The van der Waals surface area contributed by atoms with Crippen LogP contribution in [0, 0.1) is 11.8 Å². The maximum absolute atomic E-state index is 12.0. The van der Waals surface area contributed by atoms with Gasteiger partial charge >= 0.3 is 0 Å². The van der Waals surface area contributed by atoms with Crippen LogP contribution in [0.4, 0.5) is 0 Å². The number of hydrogen-bond donors (Lipinski definition) is 2. The second-order valence-corrected chi connectivity index (χ2v) is 6.35. The van der Waals surface area contributed by atoms with Gasteiger partial charge in [0, 0.05) is 19.1 Å². The van der Waals surface area contributed by atoms with Gasteiger partial charge in [-0.3, -0.25) is 0 Å². The number of fused-ring (bicyclic) bond motifs is 1. The van der Waals surface area contributed by atoms with Gasteiger partial charge in [0.2, 0.25) is 0 Å². The summed E-state index contributed by atoms with van der Waals surface area (Å²) in [7, 11) is -3.29. The maximum atomic E-state index is 12.0. The molecule has 92 valence electrons. The van der Waals surface area contributed by atoms with Gasteiger partial charge in [-0.2, -0.15) is 17.4 Å². The van der Waals surface area contributed by atoms with Gasteiger partial charge in [-0.05, 0) is 24.9 Å². The SMILES string of the molecule is O=S(=O)(NC1C2CNCC21)N1CCOCC1. The summed E-state index contributed by atoms with van der Waals surface area (Å²) in [5.41, 5.74) is 0. The molecule has 7 heteroatoms. The van der Waals surface area contributed by atoms with Crippen molar-refractivity contribution in [1.29, 1.82) is 0 Å². The van der Waals surface area contributed by atoms with Crippen LogP contribution >= 0.6 is 0 Å². The Morgan fingerprint density at radius 2 is 1.81 bits per heavy atom. The van der Waals surface area contributed by atoms with Crippen LogP contribution in [0.25, 0.3) is 0 Å². The number of ether oxygens (including phenoxy) is 1. The molecule has 1 saturated carbocycles.